The summed E-state index contributed by atoms with van der Waals surface area (Å²) in [5.74, 6) is -0.0543. The average Bonchev–Trinajstić information content (AvgIpc) is 2.96. The third kappa shape index (κ3) is 3.82. The highest BCUT2D eigenvalue weighted by atomic mass is 79.9. The Morgan fingerprint density at radius 1 is 1.33 bits per heavy atom. The van der Waals surface area contributed by atoms with Crippen molar-refractivity contribution in [3.05, 3.63) is 51.9 Å². The van der Waals surface area contributed by atoms with Crippen molar-refractivity contribution in [3.8, 4) is 0 Å². The first-order chi connectivity index (χ1) is 11.6. The number of amides is 1. The van der Waals surface area contributed by atoms with E-state index in [2.05, 4.69) is 31.4 Å². The van der Waals surface area contributed by atoms with E-state index in [0.29, 0.717) is 24.9 Å². The van der Waals surface area contributed by atoms with Gasteiger partial charge >= 0.3 is 0 Å². The molecule has 1 aliphatic heterocycles. The topological polar surface area (TPSA) is 67.1 Å². The van der Waals surface area contributed by atoms with Gasteiger partial charge in [0.25, 0.3) is 5.91 Å². The lowest BCUT2D eigenvalue weighted by Crippen LogP contribution is -2.36. The second-order valence-electron chi connectivity index (χ2n) is 5.08. The van der Waals surface area contributed by atoms with Crippen molar-refractivity contribution in [1.82, 2.24) is 5.43 Å². The second kappa shape index (κ2) is 7.59. The van der Waals surface area contributed by atoms with E-state index in [1.165, 1.54) is 24.4 Å². The van der Waals surface area contributed by atoms with Crippen LogP contribution in [-0.4, -0.2) is 38.4 Å². The van der Waals surface area contributed by atoms with E-state index in [1.54, 1.807) is 12.1 Å². The number of benzene rings is 1. The van der Waals surface area contributed by atoms with E-state index in [1.807, 2.05) is 0 Å². The zero-order valence-electron chi connectivity index (χ0n) is 12.7. The van der Waals surface area contributed by atoms with Crippen molar-refractivity contribution < 1.29 is 18.3 Å². The van der Waals surface area contributed by atoms with Crippen LogP contribution in [0.2, 0.25) is 0 Å². The predicted molar refractivity (Wildman–Crippen MR) is 90.9 cm³/mol. The zero-order valence-corrected chi connectivity index (χ0v) is 14.3. The number of hydrogen-bond acceptors (Lipinski definition) is 5. The number of nitrogens with one attached hydrogen (secondary N) is 1. The van der Waals surface area contributed by atoms with Crippen LogP contribution in [0.3, 0.4) is 0 Å². The smallest absolute Gasteiger partial charge is 0.274 e. The zero-order chi connectivity index (χ0) is 16.9. The molecule has 1 aromatic heterocycles. The molecule has 1 amide bonds. The highest BCUT2D eigenvalue weighted by Crippen LogP contribution is 2.30. The molecule has 0 saturated carbocycles. The maximum Gasteiger partial charge on any atom is 0.274 e. The largest absolute Gasteiger partial charge is 0.438 e. The first-order valence-electron chi connectivity index (χ1n) is 7.35. The summed E-state index contributed by atoms with van der Waals surface area (Å²) in [5.41, 5.74) is 2.21. The molecule has 0 atom stereocenters. The number of anilines is 1. The summed E-state index contributed by atoms with van der Waals surface area (Å²) in [4.78, 5) is 13.9. The summed E-state index contributed by atoms with van der Waals surface area (Å²) in [6.45, 7) is 2.78. The van der Waals surface area contributed by atoms with Crippen LogP contribution in [0, 0.1) is 5.82 Å². The molecular formula is C16H15BrFN3O3. The minimum absolute atomic E-state index is 0.0655. The van der Waals surface area contributed by atoms with Gasteiger partial charge in [0.2, 0.25) is 5.88 Å². The number of morpholine rings is 1. The Morgan fingerprint density at radius 3 is 2.83 bits per heavy atom. The van der Waals surface area contributed by atoms with Crippen molar-refractivity contribution >= 4 is 33.9 Å². The maximum atomic E-state index is 13.5. The molecule has 0 aliphatic carbocycles. The fourth-order valence-corrected chi connectivity index (χ4v) is 2.84. The molecule has 8 heteroatoms. The summed E-state index contributed by atoms with van der Waals surface area (Å²) >= 11 is 3.44. The van der Waals surface area contributed by atoms with Crippen molar-refractivity contribution in [2.24, 2.45) is 5.10 Å². The summed E-state index contributed by atoms with van der Waals surface area (Å²) in [6.07, 6.45) is 1.37. The van der Waals surface area contributed by atoms with Crippen LogP contribution >= 0.6 is 15.9 Å². The highest BCUT2D eigenvalue weighted by molar-refractivity contribution is 9.10. The molecule has 1 aromatic carbocycles. The lowest BCUT2D eigenvalue weighted by molar-refractivity contribution is 0.0951. The normalized spacial score (nSPS) is 15.0. The lowest BCUT2D eigenvalue weighted by atomic mass is 10.2. The van der Waals surface area contributed by atoms with Gasteiger partial charge in [0.15, 0.2) is 5.76 Å². The first kappa shape index (κ1) is 16.7. The third-order valence-corrected chi connectivity index (χ3v) is 4.03. The van der Waals surface area contributed by atoms with Gasteiger partial charge in [0, 0.05) is 19.2 Å². The van der Waals surface area contributed by atoms with E-state index in [0.717, 1.165) is 17.6 Å². The molecule has 3 rings (SSSR count). The van der Waals surface area contributed by atoms with E-state index >= 15 is 0 Å². The third-order valence-electron chi connectivity index (χ3n) is 3.46. The molecular weight excluding hydrogens is 381 g/mol. The monoisotopic (exact) mass is 395 g/mol. The Balaban J connectivity index is 1.65. The number of furan rings is 1. The Morgan fingerprint density at radius 2 is 2.08 bits per heavy atom. The summed E-state index contributed by atoms with van der Waals surface area (Å²) in [5, 5.41) is 3.81. The first-order valence-corrected chi connectivity index (χ1v) is 8.14. The van der Waals surface area contributed by atoms with Gasteiger partial charge in [-0.15, -0.1) is 0 Å². The molecule has 2 heterocycles. The van der Waals surface area contributed by atoms with Gasteiger partial charge in [0.1, 0.15) is 5.82 Å². The number of rotatable bonds is 4. The summed E-state index contributed by atoms with van der Waals surface area (Å²) < 4.78 is 25.3. The van der Waals surface area contributed by atoms with Crippen LogP contribution in [0.1, 0.15) is 16.1 Å². The molecule has 0 bridgehead atoms. The van der Waals surface area contributed by atoms with Crippen molar-refractivity contribution in [1.29, 1.82) is 0 Å². The number of carbonyl (C=O) groups is 1. The van der Waals surface area contributed by atoms with Gasteiger partial charge in [-0.05, 0) is 28.1 Å². The molecule has 1 aliphatic rings. The molecule has 0 unspecified atom stereocenters. The molecule has 1 fully saturated rings. The molecule has 0 spiro atoms. The number of carbonyl (C=O) groups excluding carboxylic acids is 1. The molecule has 126 valence electrons. The maximum absolute atomic E-state index is 13.5. The molecule has 1 saturated heterocycles. The predicted octanol–water partition coefficient (Wildman–Crippen LogP) is 2.78. The van der Waals surface area contributed by atoms with E-state index in [9.17, 15) is 9.18 Å². The molecule has 2 aromatic rings. The van der Waals surface area contributed by atoms with Crippen LogP contribution in [0.25, 0.3) is 0 Å². The van der Waals surface area contributed by atoms with E-state index in [-0.39, 0.29) is 5.56 Å². The van der Waals surface area contributed by atoms with Gasteiger partial charge in [-0.1, -0.05) is 12.1 Å². The number of halogens is 2. The van der Waals surface area contributed by atoms with Crippen molar-refractivity contribution in [2.45, 2.75) is 0 Å². The molecule has 0 radical (unpaired) electrons. The number of hydrogen-bond donors (Lipinski definition) is 1. The quantitative estimate of drug-likeness (QED) is 0.638. The van der Waals surface area contributed by atoms with Crippen LogP contribution in [0.4, 0.5) is 10.3 Å². The summed E-state index contributed by atoms with van der Waals surface area (Å²) in [6, 6.07) is 7.46. The fraction of sp³-hybridized carbons (Fsp3) is 0.250. The Hall–Kier alpha value is -2.19. The van der Waals surface area contributed by atoms with Gasteiger partial charge in [-0.2, -0.15) is 5.10 Å². The van der Waals surface area contributed by atoms with Gasteiger partial charge in [-0.3, -0.25) is 4.79 Å². The van der Waals surface area contributed by atoms with Crippen LogP contribution in [0.5, 0.6) is 0 Å². The highest BCUT2D eigenvalue weighted by Gasteiger charge is 2.18. The van der Waals surface area contributed by atoms with Crippen LogP contribution in [0.15, 0.2) is 44.3 Å². The molecule has 24 heavy (non-hydrogen) atoms. The van der Waals surface area contributed by atoms with Gasteiger partial charge < -0.3 is 14.1 Å². The number of hydrazone groups is 1. The van der Waals surface area contributed by atoms with E-state index < -0.39 is 11.7 Å². The Bertz CT molecular complexity index is 757. The van der Waals surface area contributed by atoms with Crippen LogP contribution < -0.4 is 10.3 Å². The summed E-state index contributed by atoms with van der Waals surface area (Å²) in [7, 11) is 0. The SMILES string of the molecule is O=C(N/N=C\c1cc(Br)c(N2CCOCC2)o1)c1ccccc1F. The Kier molecular flexibility index (Phi) is 5.27. The van der Waals surface area contributed by atoms with Gasteiger partial charge in [-0.25, -0.2) is 9.82 Å². The minimum atomic E-state index is -0.622. The number of ether oxygens (including phenoxy) is 1. The number of nitrogens with zero attached hydrogens (tertiary/aromatic N) is 2. The van der Waals surface area contributed by atoms with E-state index in [4.69, 9.17) is 9.15 Å². The Labute approximate surface area is 146 Å². The standard InChI is InChI=1S/C16H15BrFN3O3/c17-13-9-11(24-16(13)21-5-7-23-8-6-21)10-19-20-15(22)12-3-1-2-4-14(12)18/h1-4,9-10H,5-8H2,(H,20,22)/b19-10-. The van der Waals surface area contributed by atoms with Crippen molar-refractivity contribution in [3.63, 3.8) is 0 Å². The lowest BCUT2D eigenvalue weighted by Gasteiger charge is -2.26. The van der Waals surface area contributed by atoms with Crippen LogP contribution in [-0.2, 0) is 4.74 Å². The molecule has 6 nitrogen and oxygen atoms in total. The second-order valence-corrected chi connectivity index (χ2v) is 5.93. The van der Waals surface area contributed by atoms with Gasteiger partial charge in [0.05, 0.1) is 29.5 Å². The minimum Gasteiger partial charge on any atom is -0.438 e. The fourth-order valence-electron chi connectivity index (χ4n) is 2.28. The van der Waals surface area contributed by atoms with Crippen molar-refractivity contribution in [2.75, 3.05) is 31.2 Å². The average molecular weight is 396 g/mol. The molecule has 1 N–H and O–H groups in total.